The number of ether oxygens (including phenoxy) is 1. The first-order valence-electron chi connectivity index (χ1n) is 6.65. The number of nitrogens with one attached hydrogen (secondary N) is 1. The van der Waals surface area contributed by atoms with E-state index >= 15 is 0 Å². The van der Waals surface area contributed by atoms with Crippen molar-refractivity contribution in [1.82, 2.24) is 10.3 Å². The summed E-state index contributed by atoms with van der Waals surface area (Å²) in [5, 5.41) is 4.18. The molecular weight excluding hydrogens is 272 g/mol. The van der Waals surface area contributed by atoms with Crippen LogP contribution in [0.25, 0.3) is 0 Å². The van der Waals surface area contributed by atoms with Crippen LogP contribution >= 0.6 is 11.6 Å². The molecule has 0 fully saturated rings. The Bertz CT molecular complexity index is 586. The van der Waals surface area contributed by atoms with E-state index in [0.29, 0.717) is 5.02 Å². The summed E-state index contributed by atoms with van der Waals surface area (Å²) >= 11 is 6.14. The molecule has 0 saturated carbocycles. The molecule has 1 aromatic carbocycles. The van der Waals surface area contributed by atoms with Gasteiger partial charge in [0.05, 0.1) is 13.2 Å². The van der Waals surface area contributed by atoms with Gasteiger partial charge in [-0.25, -0.2) is 0 Å². The summed E-state index contributed by atoms with van der Waals surface area (Å²) in [4.78, 5) is 4.25. The van der Waals surface area contributed by atoms with Crippen LogP contribution in [0.1, 0.15) is 29.8 Å². The van der Waals surface area contributed by atoms with E-state index in [1.54, 1.807) is 7.11 Å². The maximum Gasteiger partial charge on any atom is 0.124 e. The average molecular weight is 291 g/mol. The minimum absolute atomic E-state index is 0.0374. The Labute approximate surface area is 124 Å². The molecule has 0 saturated heterocycles. The summed E-state index contributed by atoms with van der Waals surface area (Å²) in [5.74, 6) is 0.829. The molecule has 0 aliphatic rings. The van der Waals surface area contributed by atoms with Crippen molar-refractivity contribution in [2.75, 3.05) is 13.7 Å². The molecule has 1 unspecified atom stereocenters. The van der Waals surface area contributed by atoms with Crippen LogP contribution in [0.4, 0.5) is 0 Å². The first-order valence-corrected chi connectivity index (χ1v) is 7.03. The molecule has 2 rings (SSSR count). The molecule has 106 valence electrons. The van der Waals surface area contributed by atoms with E-state index in [0.717, 1.165) is 29.1 Å². The van der Waals surface area contributed by atoms with E-state index in [4.69, 9.17) is 16.3 Å². The van der Waals surface area contributed by atoms with E-state index in [2.05, 4.69) is 23.3 Å². The van der Waals surface area contributed by atoms with Crippen LogP contribution in [0.3, 0.4) is 0 Å². The van der Waals surface area contributed by atoms with Gasteiger partial charge in [0.1, 0.15) is 5.75 Å². The number of halogens is 1. The molecule has 0 aliphatic heterocycles. The van der Waals surface area contributed by atoms with E-state index in [9.17, 15) is 0 Å². The van der Waals surface area contributed by atoms with Crippen molar-refractivity contribution < 1.29 is 4.74 Å². The SMILES string of the molecule is CCNC(c1ccnc(C)c1)c1cc(Cl)ccc1OC. The Morgan fingerprint density at radius 3 is 2.75 bits per heavy atom. The van der Waals surface area contributed by atoms with Crippen LogP contribution in [0.2, 0.25) is 5.02 Å². The molecule has 2 aromatic rings. The molecule has 0 aliphatic carbocycles. The number of rotatable bonds is 5. The molecule has 0 radical (unpaired) electrons. The van der Waals surface area contributed by atoms with Crippen molar-refractivity contribution >= 4 is 11.6 Å². The van der Waals surface area contributed by atoms with Crippen LogP contribution in [0, 0.1) is 6.92 Å². The van der Waals surface area contributed by atoms with Gasteiger partial charge in [-0.1, -0.05) is 18.5 Å². The Morgan fingerprint density at radius 1 is 1.30 bits per heavy atom. The van der Waals surface area contributed by atoms with Crippen LogP contribution in [-0.4, -0.2) is 18.6 Å². The van der Waals surface area contributed by atoms with Gasteiger partial charge < -0.3 is 10.1 Å². The monoisotopic (exact) mass is 290 g/mol. The summed E-state index contributed by atoms with van der Waals surface area (Å²) < 4.78 is 5.47. The zero-order valence-corrected chi connectivity index (χ0v) is 12.7. The maximum atomic E-state index is 6.14. The van der Waals surface area contributed by atoms with Crippen molar-refractivity contribution in [2.24, 2.45) is 0 Å². The topological polar surface area (TPSA) is 34.2 Å². The molecule has 4 heteroatoms. The van der Waals surface area contributed by atoms with Crippen LogP contribution in [0.5, 0.6) is 5.75 Å². The molecular formula is C16H19ClN2O. The zero-order chi connectivity index (χ0) is 14.5. The fraction of sp³-hybridized carbons (Fsp3) is 0.312. The molecule has 3 nitrogen and oxygen atoms in total. The van der Waals surface area contributed by atoms with Crippen molar-refractivity contribution in [3.8, 4) is 5.75 Å². The number of aromatic nitrogens is 1. The van der Waals surface area contributed by atoms with Crippen LogP contribution < -0.4 is 10.1 Å². The minimum Gasteiger partial charge on any atom is -0.496 e. The lowest BCUT2D eigenvalue weighted by molar-refractivity contribution is 0.404. The van der Waals surface area contributed by atoms with Gasteiger partial charge in [-0.3, -0.25) is 4.98 Å². The third-order valence-electron chi connectivity index (χ3n) is 3.17. The number of hydrogen-bond donors (Lipinski definition) is 1. The van der Waals surface area contributed by atoms with Gasteiger partial charge in [0.25, 0.3) is 0 Å². The minimum atomic E-state index is 0.0374. The summed E-state index contributed by atoms with van der Waals surface area (Å²) in [6.45, 7) is 4.92. The highest BCUT2D eigenvalue weighted by Crippen LogP contribution is 2.32. The predicted molar refractivity (Wildman–Crippen MR) is 82.5 cm³/mol. The van der Waals surface area contributed by atoms with Crippen molar-refractivity contribution in [1.29, 1.82) is 0 Å². The average Bonchev–Trinajstić information content (AvgIpc) is 2.44. The molecule has 0 spiro atoms. The lowest BCUT2D eigenvalue weighted by atomic mass is 9.98. The maximum absolute atomic E-state index is 6.14. The number of hydrogen-bond acceptors (Lipinski definition) is 3. The zero-order valence-electron chi connectivity index (χ0n) is 12.0. The summed E-state index contributed by atoms with van der Waals surface area (Å²) in [5.41, 5.74) is 3.18. The second-order valence-electron chi connectivity index (χ2n) is 4.61. The first-order chi connectivity index (χ1) is 9.65. The van der Waals surface area contributed by atoms with Crippen molar-refractivity contribution in [3.63, 3.8) is 0 Å². The molecule has 1 N–H and O–H groups in total. The van der Waals surface area contributed by atoms with Gasteiger partial charge >= 0.3 is 0 Å². The Kier molecular flexibility index (Phi) is 4.99. The largest absolute Gasteiger partial charge is 0.496 e. The lowest BCUT2D eigenvalue weighted by Gasteiger charge is -2.21. The third kappa shape index (κ3) is 3.30. The number of methoxy groups -OCH3 is 1. The second kappa shape index (κ2) is 6.73. The Morgan fingerprint density at radius 2 is 2.10 bits per heavy atom. The Hall–Kier alpha value is -1.58. The summed E-state index contributed by atoms with van der Waals surface area (Å²) in [6.07, 6.45) is 1.83. The number of aryl methyl sites for hydroxylation is 1. The van der Waals surface area contributed by atoms with Gasteiger partial charge in [-0.2, -0.15) is 0 Å². The van der Waals surface area contributed by atoms with Crippen molar-refractivity contribution in [2.45, 2.75) is 19.9 Å². The van der Waals surface area contributed by atoms with Crippen LogP contribution in [-0.2, 0) is 0 Å². The second-order valence-corrected chi connectivity index (χ2v) is 5.04. The van der Waals surface area contributed by atoms with Gasteiger partial charge in [0, 0.05) is 22.5 Å². The Balaban J connectivity index is 2.50. The van der Waals surface area contributed by atoms with Gasteiger partial charge in [-0.15, -0.1) is 0 Å². The summed E-state index contributed by atoms with van der Waals surface area (Å²) in [6, 6.07) is 9.81. The molecule has 0 amide bonds. The van der Waals surface area contributed by atoms with E-state index < -0.39 is 0 Å². The van der Waals surface area contributed by atoms with Gasteiger partial charge in [0.2, 0.25) is 0 Å². The first kappa shape index (κ1) is 14.8. The van der Waals surface area contributed by atoms with Gasteiger partial charge in [-0.05, 0) is 49.4 Å². The molecule has 0 bridgehead atoms. The van der Waals surface area contributed by atoms with E-state index in [1.807, 2.05) is 37.4 Å². The highest BCUT2D eigenvalue weighted by Gasteiger charge is 2.18. The van der Waals surface area contributed by atoms with Crippen molar-refractivity contribution in [3.05, 3.63) is 58.4 Å². The number of benzene rings is 1. The van der Waals surface area contributed by atoms with Gasteiger partial charge in [0.15, 0.2) is 0 Å². The number of pyridine rings is 1. The smallest absolute Gasteiger partial charge is 0.124 e. The predicted octanol–water partition coefficient (Wildman–Crippen LogP) is 3.75. The fourth-order valence-corrected chi connectivity index (χ4v) is 2.47. The highest BCUT2D eigenvalue weighted by atomic mass is 35.5. The summed E-state index contributed by atoms with van der Waals surface area (Å²) in [7, 11) is 1.67. The lowest BCUT2D eigenvalue weighted by Crippen LogP contribution is -2.22. The molecule has 1 atom stereocenters. The molecule has 20 heavy (non-hydrogen) atoms. The molecule has 1 aromatic heterocycles. The highest BCUT2D eigenvalue weighted by molar-refractivity contribution is 6.30. The third-order valence-corrected chi connectivity index (χ3v) is 3.40. The normalized spacial score (nSPS) is 12.2. The van der Waals surface area contributed by atoms with Crippen LogP contribution in [0.15, 0.2) is 36.5 Å². The standard InChI is InChI=1S/C16H19ClN2O/c1-4-18-16(12-7-8-19-11(2)9-12)14-10-13(17)5-6-15(14)20-3/h5-10,16,18H,4H2,1-3H3. The van der Waals surface area contributed by atoms with E-state index in [-0.39, 0.29) is 6.04 Å². The fourth-order valence-electron chi connectivity index (χ4n) is 2.29. The molecule has 1 heterocycles. The number of nitrogens with zero attached hydrogens (tertiary/aromatic N) is 1. The van der Waals surface area contributed by atoms with E-state index in [1.165, 1.54) is 0 Å². The quantitative estimate of drug-likeness (QED) is 0.910.